The molecule has 5 nitrogen and oxygen atoms in total. The van der Waals surface area contributed by atoms with Crippen molar-refractivity contribution in [2.24, 2.45) is 5.73 Å². The molecule has 0 aliphatic heterocycles. The summed E-state index contributed by atoms with van der Waals surface area (Å²) >= 11 is 0. The molecule has 0 bridgehead atoms. The quantitative estimate of drug-likeness (QED) is 0.753. The molecule has 5 heteroatoms. The van der Waals surface area contributed by atoms with Crippen molar-refractivity contribution in [1.29, 1.82) is 0 Å². The maximum atomic E-state index is 6.04. The van der Waals surface area contributed by atoms with Gasteiger partial charge in [0.05, 0.1) is 5.69 Å². The standard InChI is InChI=1S/C16H31N5/c1-6-9-21(11-10-20(4)5)16-14(12-17)13(7-2)15(8-3)18-19-16/h6-12,17H2,1-5H3. The van der Waals surface area contributed by atoms with Crippen molar-refractivity contribution in [2.45, 2.75) is 46.6 Å². The second-order valence-electron chi connectivity index (χ2n) is 5.63. The average Bonchev–Trinajstić information content (AvgIpc) is 2.49. The monoisotopic (exact) mass is 293 g/mol. The van der Waals surface area contributed by atoms with Crippen molar-refractivity contribution in [3.8, 4) is 0 Å². The Labute approximate surface area is 129 Å². The molecule has 21 heavy (non-hydrogen) atoms. The van der Waals surface area contributed by atoms with E-state index in [0.29, 0.717) is 6.54 Å². The van der Waals surface area contributed by atoms with Crippen molar-refractivity contribution >= 4 is 5.82 Å². The number of likely N-dealkylation sites (N-methyl/N-ethyl adjacent to an activating group) is 1. The Kier molecular flexibility index (Phi) is 7.61. The Morgan fingerprint density at radius 2 is 1.62 bits per heavy atom. The summed E-state index contributed by atoms with van der Waals surface area (Å²) in [5.74, 6) is 0.982. The maximum Gasteiger partial charge on any atom is 0.156 e. The first-order valence-electron chi connectivity index (χ1n) is 8.05. The van der Waals surface area contributed by atoms with E-state index in [1.54, 1.807) is 0 Å². The Balaban J connectivity index is 3.17. The van der Waals surface area contributed by atoms with Gasteiger partial charge in [0.1, 0.15) is 0 Å². The summed E-state index contributed by atoms with van der Waals surface area (Å²) in [7, 11) is 4.19. The number of nitrogens with two attached hydrogens (primary N) is 1. The summed E-state index contributed by atoms with van der Waals surface area (Å²) in [6, 6.07) is 0. The van der Waals surface area contributed by atoms with E-state index >= 15 is 0 Å². The van der Waals surface area contributed by atoms with Gasteiger partial charge in [-0.3, -0.25) is 0 Å². The van der Waals surface area contributed by atoms with Gasteiger partial charge in [-0.2, -0.15) is 5.10 Å². The second-order valence-corrected chi connectivity index (χ2v) is 5.63. The molecule has 0 atom stereocenters. The SMILES string of the molecule is CCCN(CCN(C)C)c1nnc(CC)c(CC)c1CN. The van der Waals surface area contributed by atoms with E-state index in [-0.39, 0.29) is 0 Å². The fraction of sp³-hybridized carbons (Fsp3) is 0.750. The van der Waals surface area contributed by atoms with Gasteiger partial charge in [0.15, 0.2) is 5.82 Å². The van der Waals surface area contributed by atoms with Crippen LogP contribution in [0.25, 0.3) is 0 Å². The van der Waals surface area contributed by atoms with Crippen molar-refractivity contribution in [1.82, 2.24) is 15.1 Å². The zero-order valence-corrected chi connectivity index (χ0v) is 14.3. The molecule has 0 unspecified atom stereocenters. The predicted molar refractivity (Wildman–Crippen MR) is 89.7 cm³/mol. The Morgan fingerprint density at radius 3 is 2.10 bits per heavy atom. The van der Waals surface area contributed by atoms with Gasteiger partial charge >= 0.3 is 0 Å². The molecule has 0 radical (unpaired) electrons. The van der Waals surface area contributed by atoms with Crippen LogP contribution in [0.2, 0.25) is 0 Å². The van der Waals surface area contributed by atoms with Gasteiger partial charge in [-0.05, 0) is 38.9 Å². The highest BCUT2D eigenvalue weighted by atomic mass is 15.3. The van der Waals surface area contributed by atoms with Crippen LogP contribution in [-0.2, 0) is 19.4 Å². The Morgan fingerprint density at radius 1 is 0.905 bits per heavy atom. The van der Waals surface area contributed by atoms with E-state index in [0.717, 1.165) is 50.4 Å². The molecular formula is C16H31N5. The predicted octanol–water partition coefficient (Wildman–Crippen LogP) is 1.84. The van der Waals surface area contributed by atoms with Crippen molar-refractivity contribution in [3.05, 3.63) is 16.8 Å². The third-order valence-electron chi connectivity index (χ3n) is 3.75. The molecule has 0 aliphatic rings. The molecular weight excluding hydrogens is 262 g/mol. The lowest BCUT2D eigenvalue weighted by Crippen LogP contribution is -2.34. The molecule has 1 aromatic heterocycles. The van der Waals surface area contributed by atoms with Crippen LogP contribution in [0.5, 0.6) is 0 Å². The molecule has 0 spiro atoms. The maximum absolute atomic E-state index is 6.04. The third-order valence-corrected chi connectivity index (χ3v) is 3.75. The number of nitrogens with zero attached hydrogens (tertiary/aromatic N) is 4. The summed E-state index contributed by atoms with van der Waals surface area (Å²) in [6.07, 6.45) is 2.97. The normalized spacial score (nSPS) is 11.2. The molecule has 0 amide bonds. The molecule has 0 aliphatic carbocycles. The molecule has 0 fully saturated rings. The van der Waals surface area contributed by atoms with E-state index in [4.69, 9.17) is 5.73 Å². The van der Waals surface area contributed by atoms with E-state index in [1.165, 1.54) is 11.1 Å². The first-order chi connectivity index (χ1) is 10.1. The van der Waals surface area contributed by atoms with Crippen LogP contribution in [0.15, 0.2) is 0 Å². The van der Waals surface area contributed by atoms with Crippen molar-refractivity contribution < 1.29 is 0 Å². The third kappa shape index (κ3) is 4.64. The Hall–Kier alpha value is -1.20. The fourth-order valence-electron chi connectivity index (χ4n) is 2.62. The molecule has 0 aromatic carbocycles. The molecule has 1 aromatic rings. The van der Waals surface area contributed by atoms with E-state index in [1.807, 2.05) is 0 Å². The van der Waals surface area contributed by atoms with Gasteiger partial charge in [0.25, 0.3) is 0 Å². The van der Waals surface area contributed by atoms with Crippen LogP contribution in [0.1, 0.15) is 44.0 Å². The first-order valence-corrected chi connectivity index (χ1v) is 8.05. The number of aryl methyl sites for hydroxylation is 1. The largest absolute Gasteiger partial charge is 0.354 e. The number of hydrogen-bond donors (Lipinski definition) is 1. The van der Waals surface area contributed by atoms with Gasteiger partial charge in [-0.15, -0.1) is 5.10 Å². The zero-order valence-electron chi connectivity index (χ0n) is 14.3. The number of anilines is 1. The Bertz CT molecular complexity index is 431. The number of aromatic nitrogens is 2. The molecule has 2 N–H and O–H groups in total. The summed E-state index contributed by atoms with van der Waals surface area (Å²) in [6.45, 7) is 9.97. The average molecular weight is 293 g/mol. The minimum atomic E-state index is 0.531. The van der Waals surface area contributed by atoms with E-state index < -0.39 is 0 Å². The van der Waals surface area contributed by atoms with Gasteiger partial charge in [-0.25, -0.2) is 0 Å². The van der Waals surface area contributed by atoms with E-state index in [9.17, 15) is 0 Å². The summed E-state index contributed by atoms with van der Waals surface area (Å²) < 4.78 is 0. The number of rotatable bonds is 9. The summed E-state index contributed by atoms with van der Waals surface area (Å²) in [5.41, 5.74) is 9.59. The van der Waals surface area contributed by atoms with Gasteiger partial charge in [0.2, 0.25) is 0 Å². The van der Waals surface area contributed by atoms with Crippen LogP contribution in [-0.4, -0.2) is 48.8 Å². The van der Waals surface area contributed by atoms with Crippen LogP contribution in [0.4, 0.5) is 5.82 Å². The van der Waals surface area contributed by atoms with Crippen LogP contribution >= 0.6 is 0 Å². The highest BCUT2D eigenvalue weighted by Gasteiger charge is 2.18. The zero-order chi connectivity index (χ0) is 15.8. The smallest absolute Gasteiger partial charge is 0.156 e. The highest BCUT2D eigenvalue weighted by molar-refractivity contribution is 5.51. The lowest BCUT2D eigenvalue weighted by molar-refractivity contribution is 0.412. The fourth-order valence-corrected chi connectivity index (χ4v) is 2.62. The summed E-state index contributed by atoms with van der Waals surface area (Å²) in [5, 5.41) is 8.95. The van der Waals surface area contributed by atoms with Crippen LogP contribution < -0.4 is 10.6 Å². The van der Waals surface area contributed by atoms with Crippen LogP contribution in [0.3, 0.4) is 0 Å². The van der Waals surface area contributed by atoms with Crippen LogP contribution in [0, 0.1) is 0 Å². The van der Waals surface area contributed by atoms with Crippen molar-refractivity contribution in [2.75, 3.05) is 38.6 Å². The highest BCUT2D eigenvalue weighted by Crippen LogP contribution is 2.23. The van der Waals surface area contributed by atoms with Gasteiger partial charge < -0.3 is 15.5 Å². The molecule has 1 heterocycles. The molecule has 1 rings (SSSR count). The molecule has 0 saturated carbocycles. The molecule has 120 valence electrons. The first kappa shape index (κ1) is 17.9. The number of hydrogen-bond acceptors (Lipinski definition) is 5. The van der Waals surface area contributed by atoms with Gasteiger partial charge in [0, 0.05) is 31.7 Å². The lowest BCUT2D eigenvalue weighted by Gasteiger charge is -2.27. The second kappa shape index (κ2) is 8.95. The minimum absolute atomic E-state index is 0.531. The summed E-state index contributed by atoms with van der Waals surface area (Å²) in [4.78, 5) is 4.52. The van der Waals surface area contributed by atoms with Crippen molar-refractivity contribution in [3.63, 3.8) is 0 Å². The topological polar surface area (TPSA) is 58.3 Å². The molecule has 0 saturated heterocycles. The van der Waals surface area contributed by atoms with E-state index in [2.05, 4.69) is 54.9 Å². The minimum Gasteiger partial charge on any atom is -0.354 e. The van der Waals surface area contributed by atoms with Gasteiger partial charge in [-0.1, -0.05) is 20.8 Å². The lowest BCUT2D eigenvalue weighted by atomic mass is 10.0.